The molecular formula is C17H27N3O. The zero-order chi connectivity index (χ0) is 15.2. The topological polar surface area (TPSA) is 35.6 Å². The first kappa shape index (κ1) is 15.8. The van der Waals surface area contributed by atoms with Crippen LogP contribution in [0.25, 0.3) is 0 Å². The van der Waals surface area contributed by atoms with Crippen LogP contribution >= 0.6 is 0 Å². The van der Waals surface area contributed by atoms with Gasteiger partial charge >= 0.3 is 0 Å². The number of amides is 1. The van der Waals surface area contributed by atoms with Gasteiger partial charge in [-0.3, -0.25) is 4.79 Å². The van der Waals surface area contributed by atoms with E-state index in [0.29, 0.717) is 12.5 Å². The number of carbonyl (C=O) groups excluding carboxylic acids is 1. The van der Waals surface area contributed by atoms with Crippen molar-refractivity contribution >= 4 is 11.6 Å². The summed E-state index contributed by atoms with van der Waals surface area (Å²) >= 11 is 0. The van der Waals surface area contributed by atoms with E-state index < -0.39 is 0 Å². The number of anilines is 1. The predicted octanol–water partition coefficient (Wildman–Crippen LogP) is 2.42. The van der Waals surface area contributed by atoms with Crippen molar-refractivity contribution in [1.29, 1.82) is 0 Å². The highest BCUT2D eigenvalue weighted by molar-refractivity contribution is 5.75. The highest BCUT2D eigenvalue weighted by Crippen LogP contribution is 2.32. The molecule has 0 aliphatic carbocycles. The van der Waals surface area contributed by atoms with Crippen LogP contribution in [0.3, 0.4) is 0 Å². The van der Waals surface area contributed by atoms with Gasteiger partial charge < -0.3 is 15.1 Å². The summed E-state index contributed by atoms with van der Waals surface area (Å²) in [7, 11) is 5.68. The Morgan fingerprint density at radius 1 is 1.38 bits per heavy atom. The molecule has 1 amide bonds. The molecule has 1 unspecified atom stereocenters. The third-order valence-corrected chi connectivity index (χ3v) is 4.24. The van der Waals surface area contributed by atoms with Crippen LogP contribution in [0.2, 0.25) is 0 Å². The van der Waals surface area contributed by atoms with Gasteiger partial charge in [-0.2, -0.15) is 0 Å². The Hall–Kier alpha value is -1.55. The van der Waals surface area contributed by atoms with Gasteiger partial charge in [0.25, 0.3) is 0 Å². The standard InChI is InChI=1S/C17H27N3O/c1-18-15-9-6-12-20(13-7-11-17(21)19(2)3)16-10-5-4-8-14(15)16/h4-5,8,10,15,18H,6-7,9,11-13H2,1-3H3. The molecule has 1 aliphatic heterocycles. The van der Waals surface area contributed by atoms with Crippen LogP contribution in [0, 0.1) is 0 Å². The lowest BCUT2D eigenvalue weighted by Crippen LogP contribution is -2.28. The Morgan fingerprint density at radius 3 is 2.86 bits per heavy atom. The third-order valence-electron chi connectivity index (χ3n) is 4.24. The molecule has 0 fully saturated rings. The van der Waals surface area contributed by atoms with Crippen molar-refractivity contribution in [3.05, 3.63) is 29.8 Å². The Kier molecular flexibility index (Phi) is 5.62. The lowest BCUT2D eigenvalue weighted by Gasteiger charge is -2.26. The second-order valence-corrected chi connectivity index (χ2v) is 5.92. The zero-order valence-electron chi connectivity index (χ0n) is 13.4. The van der Waals surface area contributed by atoms with Crippen molar-refractivity contribution in [2.24, 2.45) is 0 Å². The van der Waals surface area contributed by atoms with Gasteiger partial charge in [0.05, 0.1) is 0 Å². The molecule has 0 bridgehead atoms. The van der Waals surface area contributed by atoms with Crippen LogP contribution in [0.1, 0.15) is 37.3 Å². The largest absolute Gasteiger partial charge is 0.371 e. The van der Waals surface area contributed by atoms with Crippen LogP contribution < -0.4 is 10.2 Å². The van der Waals surface area contributed by atoms with E-state index in [1.807, 2.05) is 21.1 Å². The van der Waals surface area contributed by atoms with E-state index in [2.05, 4.69) is 34.5 Å². The van der Waals surface area contributed by atoms with Crippen molar-refractivity contribution in [3.8, 4) is 0 Å². The number of fused-ring (bicyclic) bond motifs is 1. The van der Waals surface area contributed by atoms with Gasteiger partial charge in [0.2, 0.25) is 5.91 Å². The normalized spacial score (nSPS) is 18.0. The fraction of sp³-hybridized carbons (Fsp3) is 0.588. The SMILES string of the molecule is CNC1CCCN(CCCC(=O)N(C)C)c2ccccc21. The fourth-order valence-corrected chi connectivity index (χ4v) is 3.01. The number of carbonyl (C=O) groups is 1. The molecule has 1 atom stereocenters. The van der Waals surface area contributed by atoms with Gasteiger partial charge in [0.15, 0.2) is 0 Å². The predicted molar refractivity (Wildman–Crippen MR) is 87.6 cm³/mol. The quantitative estimate of drug-likeness (QED) is 0.904. The average Bonchev–Trinajstić information content (AvgIpc) is 2.66. The zero-order valence-corrected chi connectivity index (χ0v) is 13.4. The Balaban J connectivity index is 2.04. The number of benzene rings is 1. The molecule has 2 rings (SSSR count). The summed E-state index contributed by atoms with van der Waals surface area (Å²) in [5.41, 5.74) is 2.71. The molecule has 1 N–H and O–H groups in total. The van der Waals surface area contributed by atoms with E-state index in [0.717, 1.165) is 19.5 Å². The van der Waals surface area contributed by atoms with E-state index in [4.69, 9.17) is 0 Å². The lowest BCUT2D eigenvalue weighted by molar-refractivity contribution is -0.128. The summed E-state index contributed by atoms with van der Waals surface area (Å²) in [6, 6.07) is 9.09. The van der Waals surface area contributed by atoms with E-state index in [-0.39, 0.29) is 5.91 Å². The number of para-hydroxylation sites is 1. The van der Waals surface area contributed by atoms with Crippen molar-refractivity contribution in [1.82, 2.24) is 10.2 Å². The van der Waals surface area contributed by atoms with Gasteiger partial charge in [0, 0.05) is 45.3 Å². The smallest absolute Gasteiger partial charge is 0.222 e. The summed E-state index contributed by atoms with van der Waals surface area (Å²) in [6.07, 6.45) is 3.89. The van der Waals surface area contributed by atoms with Gasteiger partial charge in [-0.1, -0.05) is 18.2 Å². The average molecular weight is 289 g/mol. The fourth-order valence-electron chi connectivity index (χ4n) is 3.01. The Bertz CT molecular complexity index is 473. The van der Waals surface area contributed by atoms with Crippen molar-refractivity contribution < 1.29 is 4.79 Å². The first-order valence-electron chi connectivity index (χ1n) is 7.84. The number of nitrogens with one attached hydrogen (secondary N) is 1. The van der Waals surface area contributed by atoms with Crippen LogP contribution in [-0.4, -0.2) is 45.0 Å². The van der Waals surface area contributed by atoms with Crippen molar-refractivity contribution in [2.45, 2.75) is 31.7 Å². The molecule has 116 valence electrons. The molecule has 21 heavy (non-hydrogen) atoms. The van der Waals surface area contributed by atoms with Gasteiger partial charge in [0.1, 0.15) is 0 Å². The molecule has 0 aromatic heterocycles. The summed E-state index contributed by atoms with van der Waals surface area (Å²) in [5.74, 6) is 0.214. The van der Waals surface area contributed by atoms with Crippen LogP contribution in [-0.2, 0) is 4.79 Å². The summed E-state index contributed by atoms with van der Waals surface area (Å²) < 4.78 is 0. The lowest BCUT2D eigenvalue weighted by atomic mass is 10.0. The first-order chi connectivity index (χ1) is 10.1. The number of nitrogens with zero attached hydrogens (tertiary/aromatic N) is 2. The number of hydrogen-bond donors (Lipinski definition) is 1. The van der Waals surface area contributed by atoms with Crippen LogP contribution in [0.15, 0.2) is 24.3 Å². The second-order valence-electron chi connectivity index (χ2n) is 5.92. The summed E-state index contributed by atoms with van der Waals surface area (Å²) in [6.45, 7) is 2.03. The minimum Gasteiger partial charge on any atom is -0.371 e. The second kappa shape index (κ2) is 7.46. The van der Waals surface area contributed by atoms with Gasteiger partial charge in [-0.05, 0) is 37.9 Å². The highest BCUT2D eigenvalue weighted by Gasteiger charge is 2.21. The molecule has 4 nitrogen and oxygen atoms in total. The van der Waals surface area contributed by atoms with Crippen molar-refractivity contribution in [3.63, 3.8) is 0 Å². The molecule has 0 radical (unpaired) electrons. The monoisotopic (exact) mass is 289 g/mol. The molecule has 0 spiro atoms. The van der Waals surface area contributed by atoms with E-state index in [1.54, 1.807) is 4.90 Å². The molecular weight excluding hydrogens is 262 g/mol. The van der Waals surface area contributed by atoms with E-state index in [1.165, 1.54) is 24.1 Å². The number of hydrogen-bond acceptors (Lipinski definition) is 3. The Labute approximate surface area is 128 Å². The van der Waals surface area contributed by atoms with Gasteiger partial charge in [-0.25, -0.2) is 0 Å². The molecule has 0 saturated carbocycles. The maximum absolute atomic E-state index is 11.7. The maximum Gasteiger partial charge on any atom is 0.222 e. The summed E-state index contributed by atoms with van der Waals surface area (Å²) in [4.78, 5) is 15.8. The van der Waals surface area contributed by atoms with E-state index >= 15 is 0 Å². The molecule has 1 aromatic carbocycles. The Morgan fingerprint density at radius 2 is 2.14 bits per heavy atom. The number of rotatable bonds is 5. The maximum atomic E-state index is 11.7. The summed E-state index contributed by atoms with van der Waals surface area (Å²) in [5, 5.41) is 3.42. The molecule has 1 aromatic rings. The molecule has 0 saturated heterocycles. The van der Waals surface area contributed by atoms with Crippen LogP contribution in [0.4, 0.5) is 5.69 Å². The third kappa shape index (κ3) is 3.97. The van der Waals surface area contributed by atoms with Crippen LogP contribution in [0.5, 0.6) is 0 Å². The molecule has 4 heteroatoms. The van der Waals surface area contributed by atoms with E-state index in [9.17, 15) is 4.79 Å². The minimum absolute atomic E-state index is 0.214. The van der Waals surface area contributed by atoms with Crippen molar-refractivity contribution in [2.75, 3.05) is 39.1 Å². The first-order valence-corrected chi connectivity index (χ1v) is 7.84. The molecule has 1 heterocycles. The minimum atomic E-state index is 0.214. The van der Waals surface area contributed by atoms with Gasteiger partial charge in [-0.15, -0.1) is 0 Å². The highest BCUT2D eigenvalue weighted by atomic mass is 16.2. The molecule has 1 aliphatic rings.